The Morgan fingerprint density at radius 3 is 2.29 bits per heavy atom. The Labute approximate surface area is 137 Å². The van der Waals surface area contributed by atoms with Gasteiger partial charge in [-0.15, -0.1) is 0 Å². The Kier molecular flexibility index (Phi) is 3.83. The topological polar surface area (TPSA) is 32.3 Å². The van der Waals surface area contributed by atoms with Crippen molar-refractivity contribution < 1.29 is 18.0 Å². The third-order valence-electron chi connectivity index (χ3n) is 3.85. The highest BCUT2D eigenvalue weighted by Gasteiger charge is 2.33. The number of anilines is 2. The van der Waals surface area contributed by atoms with Crippen LogP contribution in [0.3, 0.4) is 0 Å². The number of hydrogen-bond donors (Lipinski definition) is 1. The molecule has 1 aliphatic rings. The summed E-state index contributed by atoms with van der Waals surface area (Å²) < 4.78 is 38.3. The van der Waals surface area contributed by atoms with Crippen LogP contribution in [0, 0.1) is 0 Å². The number of nitrogens with zero attached hydrogens (tertiary/aromatic N) is 1. The molecule has 0 saturated carbocycles. The molecular formula is C18H15F3N2O. The number of fused-ring (bicyclic) bond motifs is 1. The van der Waals surface area contributed by atoms with Gasteiger partial charge >= 0.3 is 6.18 Å². The third kappa shape index (κ3) is 2.99. The van der Waals surface area contributed by atoms with Crippen molar-refractivity contribution in [3.05, 3.63) is 59.2 Å². The molecule has 0 fully saturated rings. The zero-order valence-corrected chi connectivity index (χ0v) is 13.1. The number of carbonyl (C=O) groups is 1. The predicted octanol–water partition coefficient (Wildman–Crippen LogP) is 4.26. The summed E-state index contributed by atoms with van der Waals surface area (Å²) in [4.78, 5) is 14.1. The van der Waals surface area contributed by atoms with Crippen molar-refractivity contribution in [2.24, 2.45) is 0 Å². The van der Waals surface area contributed by atoms with Gasteiger partial charge in [-0.1, -0.05) is 18.2 Å². The molecule has 2 aromatic carbocycles. The molecule has 0 bridgehead atoms. The van der Waals surface area contributed by atoms with E-state index < -0.39 is 17.6 Å². The second-order valence-electron chi connectivity index (χ2n) is 5.76. The minimum Gasteiger partial charge on any atom is -0.378 e. The van der Waals surface area contributed by atoms with E-state index in [9.17, 15) is 18.0 Å². The number of amides is 1. The Bertz CT molecular complexity index is 821. The molecule has 1 N–H and O–H groups in total. The molecule has 0 spiro atoms. The second kappa shape index (κ2) is 5.70. The van der Waals surface area contributed by atoms with Crippen molar-refractivity contribution in [3.63, 3.8) is 0 Å². The standard InChI is InChI=1S/C18H15F3N2O/c1-23(2)13-6-3-11(4-7-13)9-15-14-8-5-12(18(19,20)21)10-16(14)22-17(15)24/h3-10H,1-2H3,(H,22,24)/b15-9-. The van der Waals surface area contributed by atoms with Crippen molar-refractivity contribution in [2.45, 2.75) is 6.18 Å². The van der Waals surface area contributed by atoms with Gasteiger partial charge in [0.2, 0.25) is 0 Å². The van der Waals surface area contributed by atoms with Gasteiger partial charge in [0.05, 0.1) is 5.56 Å². The minimum atomic E-state index is -4.44. The third-order valence-corrected chi connectivity index (χ3v) is 3.85. The molecule has 24 heavy (non-hydrogen) atoms. The molecule has 2 aromatic rings. The van der Waals surface area contributed by atoms with Crippen molar-refractivity contribution in [1.29, 1.82) is 0 Å². The van der Waals surface area contributed by atoms with Crippen LogP contribution in [0.1, 0.15) is 16.7 Å². The Morgan fingerprint density at radius 2 is 1.71 bits per heavy atom. The fraction of sp³-hybridized carbons (Fsp3) is 0.167. The van der Waals surface area contributed by atoms with Crippen LogP contribution in [-0.4, -0.2) is 20.0 Å². The normalized spacial score (nSPS) is 15.4. The fourth-order valence-electron chi connectivity index (χ4n) is 2.55. The number of alkyl halides is 3. The summed E-state index contributed by atoms with van der Waals surface area (Å²) in [7, 11) is 3.85. The van der Waals surface area contributed by atoms with Gasteiger partial charge in [-0.05, 0) is 35.9 Å². The molecular weight excluding hydrogens is 317 g/mol. The van der Waals surface area contributed by atoms with Gasteiger partial charge in [0.25, 0.3) is 5.91 Å². The van der Waals surface area contributed by atoms with E-state index in [-0.39, 0.29) is 5.69 Å². The zero-order valence-electron chi connectivity index (χ0n) is 13.1. The lowest BCUT2D eigenvalue weighted by molar-refractivity contribution is -0.137. The van der Waals surface area contributed by atoms with Gasteiger partial charge in [-0.3, -0.25) is 4.79 Å². The lowest BCUT2D eigenvalue weighted by atomic mass is 10.0. The van der Waals surface area contributed by atoms with E-state index >= 15 is 0 Å². The maximum atomic E-state index is 12.8. The number of benzene rings is 2. The monoisotopic (exact) mass is 332 g/mol. The van der Waals surface area contributed by atoms with Crippen molar-refractivity contribution in [2.75, 3.05) is 24.3 Å². The van der Waals surface area contributed by atoms with Crippen LogP contribution >= 0.6 is 0 Å². The first-order chi connectivity index (χ1) is 11.3. The lowest BCUT2D eigenvalue weighted by Crippen LogP contribution is -2.08. The first kappa shape index (κ1) is 16.1. The molecule has 124 valence electrons. The van der Waals surface area contributed by atoms with Gasteiger partial charge in [0.15, 0.2) is 0 Å². The van der Waals surface area contributed by atoms with Crippen molar-refractivity contribution in [3.8, 4) is 0 Å². The van der Waals surface area contributed by atoms with Crippen LogP contribution in [0.5, 0.6) is 0 Å². The highest BCUT2D eigenvalue weighted by molar-refractivity contribution is 6.34. The summed E-state index contributed by atoms with van der Waals surface area (Å²) in [6.45, 7) is 0. The van der Waals surface area contributed by atoms with Gasteiger partial charge in [-0.25, -0.2) is 0 Å². The molecule has 0 aromatic heterocycles. The van der Waals surface area contributed by atoms with E-state index in [1.807, 2.05) is 43.3 Å². The van der Waals surface area contributed by atoms with Crippen LogP contribution in [-0.2, 0) is 11.0 Å². The maximum Gasteiger partial charge on any atom is 0.416 e. The Morgan fingerprint density at radius 1 is 1.04 bits per heavy atom. The molecule has 0 radical (unpaired) electrons. The first-order valence-corrected chi connectivity index (χ1v) is 7.28. The van der Waals surface area contributed by atoms with Crippen LogP contribution in [0.4, 0.5) is 24.5 Å². The van der Waals surface area contributed by atoms with E-state index in [2.05, 4.69) is 5.32 Å². The summed E-state index contributed by atoms with van der Waals surface area (Å²) >= 11 is 0. The highest BCUT2D eigenvalue weighted by atomic mass is 19.4. The number of carbonyl (C=O) groups excluding carboxylic acids is 1. The zero-order chi connectivity index (χ0) is 17.5. The minimum absolute atomic E-state index is 0.186. The van der Waals surface area contributed by atoms with Gasteiger partial charge < -0.3 is 10.2 Å². The average molecular weight is 332 g/mol. The fourth-order valence-corrected chi connectivity index (χ4v) is 2.55. The number of nitrogens with one attached hydrogen (secondary N) is 1. The molecule has 1 aliphatic heterocycles. The van der Waals surface area contributed by atoms with Gasteiger partial charge in [0.1, 0.15) is 0 Å². The summed E-state index contributed by atoms with van der Waals surface area (Å²) in [6, 6.07) is 10.8. The summed E-state index contributed by atoms with van der Waals surface area (Å²) in [5.74, 6) is -0.402. The van der Waals surface area contributed by atoms with Crippen LogP contribution in [0.25, 0.3) is 11.6 Å². The smallest absolute Gasteiger partial charge is 0.378 e. The second-order valence-corrected chi connectivity index (χ2v) is 5.76. The Balaban J connectivity index is 1.97. The van der Waals surface area contributed by atoms with Crippen LogP contribution in [0.15, 0.2) is 42.5 Å². The molecule has 0 saturated heterocycles. The molecule has 0 atom stereocenters. The molecule has 0 aliphatic carbocycles. The highest BCUT2D eigenvalue weighted by Crippen LogP contribution is 2.38. The van der Waals surface area contributed by atoms with Crippen LogP contribution in [0.2, 0.25) is 0 Å². The first-order valence-electron chi connectivity index (χ1n) is 7.28. The predicted molar refractivity (Wildman–Crippen MR) is 88.7 cm³/mol. The van der Waals surface area contributed by atoms with E-state index in [1.165, 1.54) is 6.07 Å². The summed E-state index contributed by atoms with van der Waals surface area (Å²) in [5.41, 5.74) is 2.06. The molecule has 3 rings (SSSR count). The molecule has 1 heterocycles. The number of hydrogen-bond acceptors (Lipinski definition) is 2. The van der Waals surface area contributed by atoms with Crippen molar-refractivity contribution in [1.82, 2.24) is 0 Å². The molecule has 6 heteroatoms. The quantitative estimate of drug-likeness (QED) is 0.833. The Hall–Kier alpha value is -2.76. The van der Waals surface area contributed by atoms with Gasteiger partial charge in [0, 0.05) is 36.6 Å². The summed E-state index contributed by atoms with van der Waals surface area (Å²) in [5, 5.41) is 2.49. The average Bonchev–Trinajstić information content (AvgIpc) is 2.82. The number of halogens is 3. The maximum absolute atomic E-state index is 12.8. The van der Waals surface area contributed by atoms with E-state index in [1.54, 1.807) is 6.08 Å². The largest absolute Gasteiger partial charge is 0.416 e. The van der Waals surface area contributed by atoms with E-state index in [0.717, 1.165) is 23.4 Å². The SMILES string of the molecule is CN(C)c1ccc(/C=C2\C(=O)Nc3cc(C(F)(F)F)ccc32)cc1. The summed E-state index contributed by atoms with van der Waals surface area (Å²) in [6.07, 6.45) is -2.76. The molecule has 1 amide bonds. The van der Waals surface area contributed by atoms with E-state index in [0.29, 0.717) is 11.1 Å². The van der Waals surface area contributed by atoms with Crippen LogP contribution < -0.4 is 10.2 Å². The lowest BCUT2D eigenvalue weighted by Gasteiger charge is -2.12. The van der Waals surface area contributed by atoms with E-state index in [4.69, 9.17) is 0 Å². The van der Waals surface area contributed by atoms with Crippen molar-refractivity contribution >= 4 is 28.9 Å². The molecule has 0 unspecified atom stereocenters. The van der Waals surface area contributed by atoms with Gasteiger partial charge in [-0.2, -0.15) is 13.2 Å². The number of rotatable bonds is 2. The molecule has 3 nitrogen and oxygen atoms in total.